The number of amides is 2. The number of fused-ring (bicyclic) bond motifs is 1. The molecule has 2 aromatic rings. The predicted octanol–water partition coefficient (Wildman–Crippen LogP) is -0.266. The molecular weight excluding hydrogens is 324 g/mol. The number of rotatable bonds is 2. The Balaban J connectivity index is 1.54. The lowest BCUT2D eigenvalue weighted by atomic mass is 10.2. The van der Waals surface area contributed by atoms with Gasteiger partial charge in [-0.2, -0.15) is 0 Å². The first-order valence-corrected chi connectivity index (χ1v) is 8.12. The molecule has 0 aliphatic carbocycles. The van der Waals surface area contributed by atoms with Gasteiger partial charge in [0.25, 0.3) is 5.91 Å². The van der Waals surface area contributed by atoms with Gasteiger partial charge in [0.2, 0.25) is 5.91 Å². The Morgan fingerprint density at radius 2 is 2.04 bits per heavy atom. The highest BCUT2D eigenvalue weighted by atomic mass is 16.5. The zero-order valence-corrected chi connectivity index (χ0v) is 13.8. The van der Waals surface area contributed by atoms with Crippen molar-refractivity contribution in [2.75, 3.05) is 26.7 Å². The molecular formula is C16H18N6O3. The van der Waals surface area contributed by atoms with E-state index in [9.17, 15) is 9.59 Å². The van der Waals surface area contributed by atoms with Crippen LogP contribution in [0.15, 0.2) is 30.9 Å². The van der Waals surface area contributed by atoms with Gasteiger partial charge in [0, 0.05) is 20.1 Å². The van der Waals surface area contributed by atoms with Gasteiger partial charge in [-0.1, -0.05) is 6.07 Å². The Bertz CT molecular complexity index is 793. The first-order chi connectivity index (χ1) is 12.1. The van der Waals surface area contributed by atoms with E-state index in [2.05, 4.69) is 15.2 Å². The summed E-state index contributed by atoms with van der Waals surface area (Å²) in [5.41, 5.74) is 0.344. The Morgan fingerprint density at radius 3 is 2.84 bits per heavy atom. The smallest absolute Gasteiger partial charge is 0.272 e. The monoisotopic (exact) mass is 342 g/mol. The standard InChI is InChI=1S/C16H18N6O3/c1-20-12-7-21(8-13(12)25-6-5-15(20)23)16(24)11-3-2-4-14(19-11)22-9-17-18-10-22/h2-4,9-10,12-13H,5-8H2,1H3/t12-,13-/m0/s1. The van der Waals surface area contributed by atoms with Crippen molar-refractivity contribution < 1.29 is 14.3 Å². The third-order valence-electron chi connectivity index (χ3n) is 4.70. The highest BCUT2D eigenvalue weighted by Crippen LogP contribution is 2.23. The van der Waals surface area contributed by atoms with E-state index in [4.69, 9.17) is 4.74 Å². The molecule has 130 valence electrons. The van der Waals surface area contributed by atoms with Crippen LogP contribution in [-0.2, 0) is 9.53 Å². The number of likely N-dealkylation sites (N-methyl/N-ethyl adjacent to an activating group) is 1. The first-order valence-electron chi connectivity index (χ1n) is 8.12. The minimum Gasteiger partial charge on any atom is -0.374 e. The summed E-state index contributed by atoms with van der Waals surface area (Å²) in [5, 5.41) is 7.49. The summed E-state index contributed by atoms with van der Waals surface area (Å²) >= 11 is 0. The number of carbonyl (C=O) groups is 2. The largest absolute Gasteiger partial charge is 0.374 e. The summed E-state index contributed by atoms with van der Waals surface area (Å²) in [6.07, 6.45) is 3.29. The highest BCUT2D eigenvalue weighted by molar-refractivity contribution is 5.93. The number of carbonyl (C=O) groups excluding carboxylic acids is 2. The van der Waals surface area contributed by atoms with Crippen molar-refractivity contribution in [2.45, 2.75) is 18.6 Å². The molecule has 0 radical (unpaired) electrons. The molecule has 2 aromatic heterocycles. The fraction of sp³-hybridized carbons (Fsp3) is 0.438. The molecule has 25 heavy (non-hydrogen) atoms. The third kappa shape index (κ3) is 2.86. The number of pyridine rings is 1. The molecule has 2 aliphatic rings. The average Bonchev–Trinajstić information content (AvgIpc) is 3.28. The van der Waals surface area contributed by atoms with E-state index in [1.807, 2.05) is 0 Å². The lowest BCUT2D eigenvalue weighted by Gasteiger charge is -2.25. The molecule has 0 aromatic carbocycles. The van der Waals surface area contributed by atoms with Crippen LogP contribution in [0.4, 0.5) is 0 Å². The molecule has 0 bridgehead atoms. The summed E-state index contributed by atoms with van der Waals surface area (Å²) in [5.74, 6) is 0.454. The fourth-order valence-corrected chi connectivity index (χ4v) is 3.28. The summed E-state index contributed by atoms with van der Waals surface area (Å²) in [7, 11) is 1.77. The molecule has 2 atom stereocenters. The Kier molecular flexibility index (Phi) is 3.92. The van der Waals surface area contributed by atoms with Crippen molar-refractivity contribution in [3.8, 4) is 5.82 Å². The Hall–Kier alpha value is -2.81. The van der Waals surface area contributed by atoms with Gasteiger partial charge in [-0.25, -0.2) is 4.98 Å². The van der Waals surface area contributed by atoms with Crippen LogP contribution in [0.3, 0.4) is 0 Å². The lowest BCUT2D eigenvalue weighted by Crippen LogP contribution is -2.43. The van der Waals surface area contributed by atoms with Crippen molar-refractivity contribution >= 4 is 11.8 Å². The van der Waals surface area contributed by atoms with Crippen LogP contribution < -0.4 is 0 Å². The third-order valence-corrected chi connectivity index (χ3v) is 4.70. The number of hydrogen-bond donors (Lipinski definition) is 0. The van der Waals surface area contributed by atoms with Gasteiger partial charge in [-0.05, 0) is 12.1 Å². The molecule has 0 N–H and O–H groups in total. The molecule has 0 saturated carbocycles. The van der Waals surface area contributed by atoms with Gasteiger partial charge < -0.3 is 14.5 Å². The van der Waals surface area contributed by atoms with E-state index in [0.29, 0.717) is 37.6 Å². The molecule has 4 rings (SSSR count). The van der Waals surface area contributed by atoms with Crippen molar-refractivity contribution in [1.82, 2.24) is 29.5 Å². The second-order valence-electron chi connectivity index (χ2n) is 6.19. The number of nitrogens with zero attached hydrogens (tertiary/aromatic N) is 6. The van der Waals surface area contributed by atoms with E-state index in [-0.39, 0.29) is 24.0 Å². The van der Waals surface area contributed by atoms with Gasteiger partial charge >= 0.3 is 0 Å². The van der Waals surface area contributed by atoms with Crippen molar-refractivity contribution in [3.05, 3.63) is 36.5 Å². The number of hydrogen-bond acceptors (Lipinski definition) is 6. The van der Waals surface area contributed by atoms with E-state index in [1.54, 1.807) is 39.6 Å². The molecule has 2 aliphatic heterocycles. The maximum Gasteiger partial charge on any atom is 0.272 e. The number of ether oxygens (including phenoxy) is 1. The zero-order valence-electron chi connectivity index (χ0n) is 13.8. The van der Waals surface area contributed by atoms with Crippen molar-refractivity contribution in [1.29, 1.82) is 0 Å². The van der Waals surface area contributed by atoms with Crippen LogP contribution >= 0.6 is 0 Å². The van der Waals surface area contributed by atoms with Crippen molar-refractivity contribution in [2.24, 2.45) is 0 Å². The second kappa shape index (κ2) is 6.25. The first kappa shape index (κ1) is 15.7. The molecule has 4 heterocycles. The Labute approximate surface area is 144 Å². The van der Waals surface area contributed by atoms with Crippen LogP contribution in [0, 0.1) is 0 Å². The topological polar surface area (TPSA) is 93.5 Å². The highest BCUT2D eigenvalue weighted by Gasteiger charge is 2.41. The number of aromatic nitrogens is 4. The molecule has 0 unspecified atom stereocenters. The minimum atomic E-state index is -0.174. The SMILES string of the molecule is CN1C(=O)CCO[C@H]2CN(C(=O)c3cccc(-n4cnnc4)n3)C[C@@H]21. The second-order valence-corrected chi connectivity index (χ2v) is 6.19. The number of likely N-dealkylation sites (tertiary alicyclic amines) is 1. The summed E-state index contributed by atoms with van der Waals surface area (Å²) in [6.45, 7) is 1.30. The minimum absolute atomic E-state index is 0.0505. The van der Waals surface area contributed by atoms with Gasteiger partial charge in [0.1, 0.15) is 24.2 Å². The van der Waals surface area contributed by atoms with Gasteiger partial charge in [0.05, 0.1) is 25.2 Å². The zero-order chi connectivity index (χ0) is 17.4. The van der Waals surface area contributed by atoms with Crippen LogP contribution in [0.5, 0.6) is 0 Å². The molecule has 2 fully saturated rings. The Morgan fingerprint density at radius 1 is 1.24 bits per heavy atom. The van der Waals surface area contributed by atoms with E-state index < -0.39 is 0 Å². The summed E-state index contributed by atoms with van der Waals surface area (Å²) in [6, 6.07) is 5.12. The van der Waals surface area contributed by atoms with E-state index >= 15 is 0 Å². The molecule has 9 nitrogen and oxygen atoms in total. The molecule has 2 amide bonds. The normalized spacial score (nSPS) is 23.5. The van der Waals surface area contributed by atoms with Crippen LogP contribution in [0.1, 0.15) is 16.9 Å². The van der Waals surface area contributed by atoms with Gasteiger partial charge in [-0.15, -0.1) is 10.2 Å². The maximum absolute atomic E-state index is 12.9. The van der Waals surface area contributed by atoms with E-state index in [1.165, 1.54) is 12.7 Å². The van der Waals surface area contributed by atoms with Gasteiger partial charge in [0.15, 0.2) is 0 Å². The van der Waals surface area contributed by atoms with Crippen molar-refractivity contribution in [3.63, 3.8) is 0 Å². The summed E-state index contributed by atoms with van der Waals surface area (Å²) in [4.78, 5) is 32.6. The molecule has 2 saturated heterocycles. The lowest BCUT2D eigenvalue weighted by molar-refractivity contribution is -0.131. The van der Waals surface area contributed by atoms with Crippen LogP contribution in [0.2, 0.25) is 0 Å². The van der Waals surface area contributed by atoms with E-state index in [0.717, 1.165) is 0 Å². The quantitative estimate of drug-likeness (QED) is 0.746. The van der Waals surface area contributed by atoms with Crippen LogP contribution in [-0.4, -0.2) is 80.3 Å². The molecule has 0 spiro atoms. The average molecular weight is 342 g/mol. The summed E-state index contributed by atoms with van der Waals surface area (Å²) < 4.78 is 7.41. The van der Waals surface area contributed by atoms with Crippen LogP contribution in [0.25, 0.3) is 5.82 Å². The fourth-order valence-electron chi connectivity index (χ4n) is 3.28. The maximum atomic E-state index is 12.9. The molecule has 9 heteroatoms. The van der Waals surface area contributed by atoms with Gasteiger partial charge in [-0.3, -0.25) is 14.2 Å². The predicted molar refractivity (Wildman–Crippen MR) is 86.0 cm³/mol.